The largest absolute Gasteiger partial charge is 0.475 e. The van der Waals surface area contributed by atoms with Gasteiger partial charge in [-0.1, -0.05) is 25.3 Å². The van der Waals surface area contributed by atoms with E-state index >= 15 is 0 Å². The van der Waals surface area contributed by atoms with Gasteiger partial charge in [0.05, 0.1) is 22.9 Å². The number of carbonyl (C=O) groups excluding carboxylic acids is 1. The number of aromatic nitrogens is 2. The number of nitrogens with zero attached hydrogens (tertiary/aromatic N) is 2. The Morgan fingerprint density at radius 2 is 1.72 bits per heavy atom. The number of rotatable bonds is 5. The highest BCUT2D eigenvalue weighted by Gasteiger charge is 2.45. The lowest BCUT2D eigenvalue weighted by molar-refractivity contribution is -0.137. The molecule has 7 nitrogen and oxygen atoms in total. The zero-order valence-electron chi connectivity index (χ0n) is 19.0. The molecule has 0 unspecified atom stereocenters. The molecule has 0 saturated heterocycles. The molecule has 36 heavy (non-hydrogen) atoms. The van der Waals surface area contributed by atoms with E-state index in [1.165, 1.54) is 16.8 Å². The topological polar surface area (TPSA) is 111 Å². The van der Waals surface area contributed by atoms with E-state index in [1.807, 2.05) is 0 Å². The number of furan rings is 1. The molecule has 1 fully saturated rings. The highest BCUT2D eigenvalue weighted by Crippen LogP contribution is 2.46. The lowest BCUT2D eigenvalue weighted by Gasteiger charge is -2.34. The Kier molecular flexibility index (Phi) is 5.61. The van der Waals surface area contributed by atoms with E-state index in [0.717, 1.165) is 31.4 Å². The van der Waals surface area contributed by atoms with Crippen LogP contribution in [0.3, 0.4) is 0 Å². The molecule has 1 aliphatic rings. The maximum absolute atomic E-state index is 12.9. The molecular formula is C26H22F3N3O4. The van der Waals surface area contributed by atoms with Crippen molar-refractivity contribution in [1.29, 1.82) is 0 Å². The number of primary amides is 1. The van der Waals surface area contributed by atoms with Gasteiger partial charge in [0.15, 0.2) is 0 Å². The Morgan fingerprint density at radius 3 is 2.33 bits per heavy atom. The van der Waals surface area contributed by atoms with E-state index in [-0.39, 0.29) is 5.76 Å². The zero-order chi connectivity index (χ0) is 25.7. The first-order chi connectivity index (χ1) is 17.1. The predicted octanol–water partition coefficient (Wildman–Crippen LogP) is 5.69. The summed E-state index contributed by atoms with van der Waals surface area (Å²) in [6, 6.07) is 9.74. The Labute approximate surface area is 203 Å². The fraction of sp³-hybridized carbons (Fsp3) is 0.269. The van der Waals surface area contributed by atoms with Crippen LogP contribution < -0.4 is 5.73 Å². The van der Waals surface area contributed by atoms with E-state index in [0.29, 0.717) is 46.2 Å². The molecule has 0 radical (unpaired) electrons. The summed E-state index contributed by atoms with van der Waals surface area (Å²) in [5.41, 5.74) is 6.36. The minimum atomic E-state index is -4.43. The summed E-state index contributed by atoms with van der Waals surface area (Å²) in [7, 11) is 0. The van der Waals surface area contributed by atoms with E-state index in [9.17, 15) is 27.9 Å². The van der Waals surface area contributed by atoms with Crippen molar-refractivity contribution in [3.05, 3.63) is 71.7 Å². The number of alkyl halides is 3. The number of amides is 1. The molecule has 2 aromatic heterocycles. The van der Waals surface area contributed by atoms with Gasteiger partial charge in [-0.3, -0.25) is 4.79 Å². The summed E-state index contributed by atoms with van der Waals surface area (Å²) < 4.78 is 45.7. The van der Waals surface area contributed by atoms with Gasteiger partial charge in [-0.25, -0.2) is 9.48 Å². The highest BCUT2D eigenvalue weighted by molar-refractivity contribution is 6.02. The number of carbonyl (C=O) groups is 2. The zero-order valence-corrected chi connectivity index (χ0v) is 19.0. The van der Waals surface area contributed by atoms with Crippen molar-refractivity contribution in [2.75, 3.05) is 0 Å². The lowest BCUT2D eigenvalue weighted by Crippen LogP contribution is -2.43. The molecule has 5 rings (SSSR count). The summed E-state index contributed by atoms with van der Waals surface area (Å²) >= 11 is 0. The van der Waals surface area contributed by atoms with E-state index in [1.54, 1.807) is 30.6 Å². The number of hydrogen-bond donors (Lipinski definition) is 2. The van der Waals surface area contributed by atoms with Crippen LogP contribution in [0.5, 0.6) is 0 Å². The number of halogens is 3. The van der Waals surface area contributed by atoms with Gasteiger partial charge in [-0.15, -0.1) is 0 Å². The minimum Gasteiger partial charge on any atom is -0.475 e. The molecular weight excluding hydrogens is 475 g/mol. The Hall–Kier alpha value is -4.08. The van der Waals surface area contributed by atoms with Gasteiger partial charge in [0.25, 0.3) is 0 Å². The number of hydrogen-bond acceptors (Lipinski definition) is 4. The van der Waals surface area contributed by atoms with Crippen molar-refractivity contribution in [1.82, 2.24) is 9.78 Å². The lowest BCUT2D eigenvalue weighted by atomic mass is 9.68. The molecule has 1 amide bonds. The summed E-state index contributed by atoms with van der Waals surface area (Å²) in [6.45, 7) is 0. The molecule has 0 aliphatic heterocycles. The molecule has 10 heteroatoms. The molecule has 1 aliphatic carbocycles. The van der Waals surface area contributed by atoms with Crippen LogP contribution >= 0.6 is 0 Å². The molecule has 1 saturated carbocycles. The first-order valence-electron chi connectivity index (χ1n) is 11.4. The van der Waals surface area contributed by atoms with Crippen LogP contribution in [0.1, 0.15) is 53.8 Å². The van der Waals surface area contributed by atoms with E-state index in [2.05, 4.69) is 5.10 Å². The van der Waals surface area contributed by atoms with Crippen molar-refractivity contribution in [3.63, 3.8) is 0 Å². The molecule has 2 heterocycles. The molecule has 2 aromatic carbocycles. The second-order valence-corrected chi connectivity index (χ2v) is 9.05. The molecule has 0 atom stereocenters. The number of fused-ring (bicyclic) bond motifs is 1. The summed E-state index contributed by atoms with van der Waals surface area (Å²) in [6.07, 6.45) is 2.08. The van der Waals surface area contributed by atoms with Crippen molar-refractivity contribution in [2.45, 2.75) is 43.7 Å². The average Bonchev–Trinajstić information content (AvgIpc) is 3.49. The van der Waals surface area contributed by atoms with Gasteiger partial charge >= 0.3 is 12.1 Å². The Balaban J connectivity index is 1.59. The van der Waals surface area contributed by atoms with Crippen molar-refractivity contribution in [3.8, 4) is 16.8 Å². The average molecular weight is 497 g/mol. The Morgan fingerprint density at radius 1 is 1.03 bits per heavy atom. The summed E-state index contributed by atoms with van der Waals surface area (Å²) in [5.74, 6) is -2.14. The number of nitrogens with two attached hydrogens (primary N) is 1. The molecule has 186 valence electrons. The first kappa shape index (κ1) is 23.7. The smallest absolute Gasteiger partial charge is 0.416 e. The predicted molar refractivity (Wildman–Crippen MR) is 125 cm³/mol. The normalized spacial score (nSPS) is 15.8. The maximum atomic E-state index is 12.9. The molecule has 3 N–H and O–H groups in total. The quantitative estimate of drug-likeness (QED) is 0.368. The molecule has 4 aromatic rings. The monoisotopic (exact) mass is 497 g/mol. The number of benzene rings is 2. The van der Waals surface area contributed by atoms with Gasteiger partial charge in [0.1, 0.15) is 5.58 Å². The summed E-state index contributed by atoms with van der Waals surface area (Å²) in [4.78, 5) is 24.8. The van der Waals surface area contributed by atoms with Crippen LogP contribution in [0.4, 0.5) is 13.2 Å². The van der Waals surface area contributed by atoms with Gasteiger partial charge in [-0.05, 0) is 54.8 Å². The SMILES string of the molecule is NC(=O)C1(c2c(C(=O)O)oc3ccc(-c4cnn(-c5ccc(C(F)(F)F)cc5)c4)cc23)CCCCC1. The van der Waals surface area contributed by atoms with E-state index < -0.39 is 29.0 Å². The van der Waals surface area contributed by atoms with Gasteiger partial charge in [0.2, 0.25) is 11.7 Å². The first-order valence-corrected chi connectivity index (χ1v) is 11.4. The van der Waals surface area contributed by atoms with Crippen LogP contribution in [0, 0.1) is 0 Å². The van der Waals surface area contributed by atoms with Crippen LogP contribution in [-0.4, -0.2) is 26.8 Å². The third-order valence-electron chi connectivity index (χ3n) is 6.91. The number of carboxylic acids is 1. The standard InChI is InChI=1S/C26H22F3N3O4/c27-26(28,29)17-5-7-18(8-6-17)32-14-16(13-31-32)15-4-9-20-19(12-15)21(22(36-20)23(33)34)25(24(30)35)10-2-1-3-11-25/h4-9,12-14H,1-3,10-11H2,(H2,30,35)(H,33,34). The number of aromatic carboxylic acids is 1. The van der Waals surface area contributed by atoms with Crippen LogP contribution in [0.25, 0.3) is 27.8 Å². The second-order valence-electron chi connectivity index (χ2n) is 9.05. The fourth-order valence-electron chi connectivity index (χ4n) is 5.09. The van der Waals surface area contributed by atoms with Crippen LogP contribution in [0.2, 0.25) is 0 Å². The fourth-order valence-corrected chi connectivity index (χ4v) is 5.09. The van der Waals surface area contributed by atoms with Crippen molar-refractivity contribution < 1.29 is 32.3 Å². The third-order valence-corrected chi connectivity index (χ3v) is 6.91. The van der Waals surface area contributed by atoms with Crippen molar-refractivity contribution >= 4 is 22.8 Å². The second kappa shape index (κ2) is 8.54. The Bertz CT molecular complexity index is 1460. The van der Waals surface area contributed by atoms with Gasteiger partial charge < -0.3 is 15.3 Å². The third kappa shape index (κ3) is 3.92. The minimum absolute atomic E-state index is 0.289. The maximum Gasteiger partial charge on any atom is 0.416 e. The van der Waals surface area contributed by atoms with Crippen LogP contribution in [0.15, 0.2) is 59.3 Å². The van der Waals surface area contributed by atoms with Crippen molar-refractivity contribution in [2.24, 2.45) is 5.73 Å². The number of carboxylic acid groups (broad SMARTS) is 1. The van der Waals surface area contributed by atoms with Crippen LogP contribution in [-0.2, 0) is 16.4 Å². The summed E-state index contributed by atoms with van der Waals surface area (Å²) in [5, 5.41) is 14.6. The van der Waals surface area contributed by atoms with E-state index in [4.69, 9.17) is 10.2 Å². The molecule has 0 bridgehead atoms. The van der Waals surface area contributed by atoms with Gasteiger partial charge in [0, 0.05) is 22.7 Å². The van der Waals surface area contributed by atoms with Gasteiger partial charge in [-0.2, -0.15) is 18.3 Å². The highest BCUT2D eigenvalue weighted by atomic mass is 19.4. The molecule has 0 spiro atoms.